The average Bonchev–Trinajstić information content (AvgIpc) is 2.30. The molecule has 1 rings (SSSR count). The molecule has 108 valence electrons. The molecule has 0 fully saturated rings. The molecule has 0 aliphatic heterocycles. The fraction of sp³-hybridized carbons (Fsp3) is 0.733. The van der Waals surface area contributed by atoms with E-state index in [1.54, 1.807) is 6.21 Å². The largest absolute Gasteiger partial charge is 0.511 e. The van der Waals surface area contributed by atoms with Crippen molar-refractivity contribution in [1.82, 2.24) is 4.90 Å². The van der Waals surface area contributed by atoms with Crippen LogP contribution in [0.1, 0.15) is 40.5 Å². The number of carbonyl (C=O) groups is 1. The normalized spacial score (nSPS) is 19.7. The predicted octanol–water partition coefficient (Wildman–Crippen LogP) is 2.60. The Morgan fingerprint density at radius 1 is 1.32 bits per heavy atom. The van der Waals surface area contributed by atoms with Gasteiger partial charge in [0.25, 0.3) is 0 Å². The zero-order chi connectivity index (χ0) is 14.5. The molecule has 0 bridgehead atoms. The van der Waals surface area contributed by atoms with Gasteiger partial charge in [-0.05, 0) is 18.5 Å². The Hall–Kier alpha value is -1.16. The predicted molar refractivity (Wildman–Crippen MR) is 78.8 cm³/mol. The lowest BCUT2D eigenvalue weighted by Gasteiger charge is -2.28. The number of aliphatic hydroxyl groups excluding tert-OH is 1. The van der Waals surface area contributed by atoms with Crippen LogP contribution in [0, 0.1) is 5.41 Å². The summed E-state index contributed by atoms with van der Waals surface area (Å²) in [6, 6.07) is 0. The summed E-state index contributed by atoms with van der Waals surface area (Å²) in [6.45, 7) is 11.8. The first-order valence-electron chi connectivity index (χ1n) is 7.07. The van der Waals surface area contributed by atoms with Crippen LogP contribution in [0.5, 0.6) is 0 Å². The van der Waals surface area contributed by atoms with Gasteiger partial charge in [-0.3, -0.25) is 9.79 Å². The number of aliphatic imine (C=N–C) groups is 1. The Morgan fingerprint density at radius 2 is 1.95 bits per heavy atom. The maximum absolute atomic E-state index is 11.9. The molecule has 1 N–H and O–H groups in total. The molecule has 0 atom stereocenters. The fourth-order valence-electron chi connectivity index (χ4n) is 2.34. The van der Waals surface area contributed by atoms with Gasteiger partial charge in [0.05, 0.1) is 12.1 Å². The minimum atomic E-state index is -0.139. The van der Waals surface area contributed by atoms with Gasteiger partial charge in [0.2, 0.25) is 0 Å². The molecule has 0 heterocycles. The molecule has 19 heavy (non-hydrogen) atoms. The zero-order valence-electron chi connectivity index (χ0n) is 12.6. The van der Waals surface area contributed by atoms with Crippen LogP contribution in [-0.2, 0) is 4.79 Å². The lowest BCUT2D eigenvalue weighted by molar-refractivity contribution is -0.117. The maximum Gasteiger partial charge on any atom is 0.168 e. The molecular weight excluding hydrogens is 240 g/mol. The van der Waals surface area contributed by atoms with Crippen molar-refractivity contribution in [2.45, 2.75) is 40.5 Å². The number of ketones is 1. The molecule has 4 nitrogen and oxygen atoms in total. The van der Waals surface area contributed by atoms with Crippen LogP contribution >= 0.6 is 0 Å². The van der Waals surface area contributed by atoms with Gasteiger partial charge in [0.15, 0.2) is 5.78 Å². The Bertz CT molecular complexity index is 380. The van der Waals surface area contributed by atoms with Gasteiger partial charge in [0, 0.05) is 25.6 Å². The van der Waals surface area contributed by atoms with Crippen molar-refractivity contribution in [2.75, 3.05) is 26.2 Å². The molecule has 0 aromatic carbocycles. The summed E-state index contributed by atoms with van der Waals surface area (Å²) in [5.74, 6) is 0.188. The number of carbonyl (C=O) groups excluding carboxylic acids is 1. The van der Waals surface area contributed by atoms with Gasteiger partial charge < -0.3 is 10.0 Å². The van der Waals surface area contributed by atoms with Gasteiger partial charge in [-0.25, -0.2) is 0 Å². The molecule has 0 unspecified atom stereocenters. The highest BCUT2D eigenvalue weighted by atomic mass is 16.3. The molecule has 1 aliphatic rings. The van der Waals surface area contributed by atoms with E-state index < -0.39 is 0 Å². The molecule has 0 aromatic rings. The van der Waals surface area contributed by atoms with Crippen molar-refractivity contribution in [2.24, 2.45) is 10.4 Å². The second-order valence-electron chi connectivity index (χ2n) is 5.86. The Labute approximate surface area is 116 Å². The van der Waals surface area contributed by atoms with Crippen LogP contribution in [0.3, 0.4) is 0 Å². The van der Waals surface area contributed by atoms with E-state index in [9.17, 15) is 9.90 Å². The number of nitrogens with zero attached hydrogens (tertiary/aromatic N) is 2. The summed E-state index contributed by atoms with van der Waals surface area (Å²) in [6.07, 6.45) is 2.58. The van der Waals surface area contributed by atoms with Crippen LogP contribution in [0.25, 0.3) is 0 Å². The van der Waals surface area contributed by atoms with Crippen LogP contribution in [-0.4, -0.2) is 48.2 Å². The van der Waals surface area contributed by atoms with E-state index in [0.717, 1.165) is 19.6 Å². The number of allylic oxidation sites excluding steroid dienone is 2. The summed E-state index contributed by atoms with van der Waals surface area (Å²) < 4.78 is 0. The molecule has 0 saturated carbocycles. The molecule has 0 spiro atoms. The quantitative estimate of drug-likeness (QED) is 0.752. The van der Waals surface area contributed by atoms with E-state index in [0.29, 0.717) is 25.0 Å². The van der Waals surface area contributed by atoms with Gasteiger partial charge in [-0.15, -0.1) is 0 Å². The van der Waals surface area contributed by atoms with Crippen molar-refractivity contribution in [3.05, 3.63) is 11.3 Å². The van der Waals surface area contributed by atoms with Crippen LogP contribution < -0.4 is 0 Å². The summed E-state index contributed by atoms with van der Waals surface area (Å²) in [5.41, 5.74) is 0.263. The minimum Gasteiger partial charge on any atom is -0.511 e. The van der Waals surface area contributed by atoms with Crippen molar-refractivity contribution in [3.63, 3.8) is 0 Å². The standard InChI is InChI=1S/C15H26N2O2/c1-5-17(6-2)8-7-16-11-12-13(18)9-15(3,4)10-14(12)19/h11,18H,5-10H2,1-4H3. The monoisotopic (exact) mass is 266 g/mol. The van der Waals surface area contributed by atoms with Crippen molar-refractivity contribution in [3.8, 4) is 0 Å². The van der Waals surface area contributed by atoms with E-state index in [-0.39, 0.29) is 17.0 Å². The Kier molecular flexibility index (Phi) is 5.73. The van der Waals surface area contributed by atoms with Gasteiger partial charge in [-0.1, -0.05) is 27.7 Å². The number of Topliss-reactive ketones (excluding diaryl/α,β-unsaturated/α-hetero) is 1. The highest BCUT2D eigenvalue weighted by Gasteiger charge is 2.32. The smallest absolute Gasteiger partial charge is 0.168 e. The highest BCUT2D eigenvalue weighted by molar-refractivity contribution is 6.14. The van der Waals surface area contributed by atoms with Gasteiger partial charge >= 0.3 is 0 Å². The van der Waals surface area contributed by atoms with Crippen LogP contribution in [0.15, 0.2) is 16.3 Å². The molecular formula is C15H26N2O2. The van der Waals surface area contributed by atoms with Gasteiger partial charge in [0.1, 0.15) is 5.76 Å². The third-order valence-electron chi connectivity index (χ3n) is 3.56. The van der Waals surface area contributed by atoms with Crippen LogP contribution in [0.2, 0.25) is 0 Å². The Balaban J connectivity index is 2.59. The number of aliphatic hydroxyl groups is 1. The molecule has 0 saturated heterocycles. The molecule has 1 aliphatic carbocycles. The first kappa shape index (κ1) is 15.9. The van der Waals surface area contributed by atoms with Crippen molar-refractivity contribution < 1.29 is 9.90 Å². The topological polar surface area (TPSA) is 52.9 Å². The molecule has 0 aromatic heterocycles. The summed E-state index contributed by atoms with van der Waals surface area (Å²) in [7, 11) is 0. The third-order valence-corrected chi connectivity index (χ3v) is 3.56. The van der Waals surface area contributed by atoms with Crippen molar-refractivity contribution >= 4 is 12.0 Å². The minimum absolute atomic E-state index is 0.000314. The van der Waals surface area contributed by atoms with E-state index >= 15 is 0 Å². The van der Waals surface area contributed by atoms with E-state index in [1.807, 2.05) is 13.8 Å². The van der Waals surface area contributed by atoms with Crippen LogP contribution in [0.4, 0.5) is 0 Å². The van der Waals surface area contributed by atoms with E-state index in [1.165, 1.54) is 0 Å². The molecule has 4 heteroatoms. The fourth-order valence-corrected chi connectivity index (χ4v) is 2.34. The summed E-state index contributed by atoms with van der Waals surface area (Å²) >= 11 is 0. The average molecular weight is 266 g/mol. The number of likely N-dealkylation sites (N-methyl/N-ethyl adjacent to an activating group) is 1. The van der Waals surface area contributed by atoms with Gasteiger partial charge in [-0.2, -0.15) is 0 Å². The first-order chi connectivity index (χ1) is 8.89. The first-order valence-corrected chi connectivity index (χ1v) is 7.07. The highest BCUT2D eigenvalue weighted by Crippen LogP contribution is 2.34. The lowest BCUT2D eigenvalue weighted by Crippen LogP contribution is -2.27. The summed E-state index contributed by atoms with van der Waals surface area (Å²) in [5, 5.41) is 9.93. The van der Waals surface area contributed by atoms with E-state index in [4.69, 9.17) is 0 Å². The van der Waals surface area contributed by atoms with Crippen molar-refractivity contribution in [1.29, 1.82) is 0 Å². The molecule has 0 amide bonds. The number of hydrogen-bond donors (Lipinski definition) is 1. The van der Waals surface area contributed by atoms with E-state index in [2.05, 4.69) is 23.7 Å². The third kappa shape index (κ3) is 4.78. The second kappa shape index (κ2) is 6.85. The lowest BCUT2D eigenvalue weighted by atomic mass is 9.77. The molecule has 0 radical (unpaired) electrons. The zero-order valence-corrected chi connectivity index (χ0v) is 12.6. The number of rotatable bonds is 6. The second-order valence-corrected chi connectivity index (χ2v) is 5.86. The maximum atomic E-state index is 11.9. The Morgan fingerprint density at radius 3 is 2.47 bits per heavy atom. The summed E-state index contributed by atoms with van der Waals surface area (Å²) in [4.78, 5) is 18.5. The number of hydrogen-bond acceptors (Lipinski definition) is 4. The SMILES string of the molecule is CCN(CC)CCN=CC1=C(O)CC(C)(C)CC1=O.